The third-order valence-corrected chi connectivity index (χ3v) is 6.19. The van der Waals surface area contributed by atoms with Crippen LogP contribution in [-0.2, 0) is 17.8 Å². The fraction of sp³-hybridized carbons (Fsp3) is 0.364. The van der Waals surface area contributed by atoms with Crippen LogP contribution in [-0.4, -0.2) is 55.3 Å². The fourth-order valence-corrected chi connectivity index (χ4v) is 4.63. The van der Waals surface area contributed by atoms with E-state index >= 15 is 0 Å². The summed E-state index contributed by atoms with van der Waals surface area (Å²) in [6.07, 6.45) is 0.815. The molecule has 1 atom stereocenters. The van der Waals surface area contributed by atoms with Gasteiger partial charge in [0.15, 0.2) is 17.7 Å². The molecule has 0 spiro atoms. The van der Waals surface area contributed by atoms with Crippen LogP contribution < -0.4 is 10.7 Å². The Hall–Kier alpha value is -3.37. The highest BCUT2D eigenvalue weighted by Gasteiger charge is 2.39. The van der Waals surface area contributed by atoms with Gasteiger partial charge in [-0.1, -0.05) is 11.6 Å². The number of carbonyl (C=O) groups is 2. The van der Waals surface area contributed by atoms with Crippen molar-refractivity contribution in [3.05, 3.63) is 56.7 Å². The molecule has 10 nitrogen and oxygen atoms in total. The first-order chi connectivity index (χ1) is 15.8. The molecule has 2 aliphatic rings. The van der Waals surface area contributed by atoms with E-state index in [1.54, 1.807) is 12.1 Å². The molecule has 0 saturated carbocycles. The van der Waals surface area contributed by atoms with Crippen molar-refractivity contribution in [2.24, 2.45) is 0 Å². The Morgan fingerprint density at radius 2 is 2.15 bits per heavy atom. The van der Waals surface area contributed by atoms with Gasteiger partial charge in [0, 0.05) is 23.8 Å². The molecule has 0 bridgehead atoms. The van der Waals surface area contributed by atoms with E-state index in [0.29, 0.717) is 24.0 Å². The number of aromatic nitrogens is 3. The van der Waals surface area contributed by atoms with Gasteiger partial charge in [0.2, 0.25) is 5.43 Å². The normalized spacial score (nSPS) is 17.5. The number of benzene rings is 1. The van der Waals surface area contributed by atoms with Crippen LogP contribution in [0, 0.1) is 0 Å². The van der Waals surface area contributed by atoms with Crippen LogP contribution >= 0.6 is 11.6 Å². The molecule has 2 aliphatic heterocycles. The Bertz CT molecular complexity index is 1360. The number of ether oxygens (including phenoxy) is 1. The van der Waals surface area contributed by atoms with Crippen LogP contribution in [0.15, 0.2) is 29.2 Å². The van der Waals surface area contributed by atoms with Crippen LogP contribution in [0.3, 0.4) is 0 Å². The number of nitrogens with zero attached hydrogens (tertiary/aromatic N) is 4. The van der Waals surface area contributed by atoms with Crippen molar-refractivity contribution in [3.8, 4) is 5.75 Å². The summed E-state index contributed by atoms with van der Waals surface area (Å²) in [5, 5.41) is 13.7. The molecule has 5 rings (SSSR count). The fourth-order valence-electron chi connectivity index (χ4n) is 4.46. The number of halogens is 1. The lowest BCUT2D eigenvalue weighted by molar-refractivity contribution is 0.00845. The van der Waals surface area contributed by atoms with Crippen molar-refractivity contribution in [1.29, 1.82) is 0 Å². The Morgan fingerprint density at radius 3 is 2.91 bits per heavy atom. The highest BCUT2D eigenvalue weighted by molar-refractivity contribution is 6.31. The minimum Gasteiger partial charge on any atom is -0.503 e. The van der Waals surface area contributed by atoms with Gasteiger partial charge in [0.05, 0.1) is 30.7 Å². The van der Waals surface area contributed by atoms with Crippen LogP contribution in [0.1, 0.15) is 46.6 Å². The molecule has 172 valence electrons. The standard InChI is InChI=1S/C22H22ClN5O5/c1-11(2)28-15-7-12(23)3-4-14(15)25-16(28)8-24-21(31)13-9-26-10-17-27(5-6-33-17)22(32)18(26)20(30)19(13)29/h3-4,7,9,11,17,30H,5-6,8,10H2,1-2H3,(H,24,31). The lowest BCUT2D eigenvalue weighted by atomic mass is 10.1. The first-order valence-electron chi connectivity index (χ1n) is 10.6. The number of amides is 2. The predicted octanol–water partition coefficient (Wildman–Crippen LogP) is 1.88. The summed E-state index contributed by atoms with van der Waals surface area (Å²) in [6, 6.07) is 5.42. The Labute approximate surface area is 193 Å². The minimum absolute atomic E-state index is 0.0548. The summed E-state index contributed by atoms with van der Waals surface area (Å²) in [5.74, 6) is -1.30. The Balaban J connectivity index is 1.45. The number of carbonyl (C=O) groups excluding carboxylic acids is 2. The second kappa shape index (κ2) is 7.89. The molecule has 0 aliphatic carbocycles. The average molecular weight is 472 g/mol. The Morgan fingerprint density at radius 1 is 1.36 bits per heavy atom. The van der Waals surface area contributed by atoms with Gasteiger partial charge in [0.25, 0.3) is 11.8 Å². The molecule has 2 aromatic heterocycles. The average Bonchev–Trinajstić information content (AvgIpc) is 3.38. The molecule has 3 aromatic rings. The number of aromatic hydroxyl groups is 1. The van der Waals surface area contributed by atoms with Gasteiger partial charge in [-0.2, -0.15) is 0 Å². The topological polar surface area (TPSA) is 119 Å². The number of fused-ring (bicyclic) bond motifs is 3. The number of pyridine rings is 1. The maximum absolute atomic E-state index is 12.9. The highest BCUT2D eigenvalue weighted by atomic mass is 35.5. The van der Waals surface area contributed by atoms with Crippen LogP contribution in [0.5, 0.6) is 5.75 Å². The molecular formula is C22H22ClN5O5. The second-order valence-electron chi connectivity index (χ2n) is 8.35. The third-order valence-electron chi connectivity index (χ3n) is 5.96. The number of hydrogen-bond acceptors (Lipinski definition) is 6. The molecule has 1 fully saturated rings. The summed E-state index contributed by atoms with van der Waals surface area (Å²) in [7, 11) is 0. The Kier molecular flexibility index (Phi) is 5.13. The highest BCUT2D eigenvalue weighted by Crippen LogP contribution is 2.27. The summed E-state index contributed by atoms with van der Waals surface area (Å²) >= 11 is 6.14. The molecular weight excluding hydrogens is 450 g/mol. The summed E-state index contributed by atoms with van der Waals surface area (Å²) in [6.45, 7) is 5.04. The van der Waals surface area contributed by atoms with E-state index in [2.05, 4.69) is 10.3 Å². The minimum atomic E-state index is -0.894. The molecule has 2 amide bonds. The lowest BCUT2D eigenvalue weighted by Crippen LogP contribution is -2.46. The summed E-state index contributed by atoms with van der Waals surface area (Å²) in [4.78, 5) is 44.4. The number of nitrogens with one attached hydrogen (secondary N) is 1. The van der Waals surface area contributed by atoms with Gasteiger partial charge in [-0.15, -0.1) is 0 Å². The molecule has 1 saturated heterocycles. The maximum atomic E-state index is 12.9. The van der Waals surface area contributed by atoms with E-state index in [-0.39, 0.29) is 30.4 Å². The molecule has 1 aromatic carbocycles. The van der Waals surface area contributed by atoms with Crippen molar-refractivity contribution >= 4 is 34.4 Å². The van der Waals surface area contributed by atoms with E-state index in [0.717, 1.165) is 11.0 Å². The van der Waals surface area contributed by atoms with E-state index in [1.807, 2.05) is 24.5 Å². The van der Waals surface area contributed by atoms with Crippen LogP contribution in [0.2, 0.25) is 5.02 Å². The van der Waals surface area contributed by atoms with Crippen LogP contribution in [0.25, 0.3) is 11.0 Å². The first kappa shape index (κ1) is 21.5. The van der Waals surface area contributed by atoms with Gasteiger partial charge in [-0.3, -0.25) is 14.4 Å². The first-order valence-corrected chi connectivity index (χ1v) is 11.0. The molecule has 0 radical (unpaired) electrons. The van der Waals surface area contributed by atoms with Gasteiger partial charge in [-0.25, -0.2) is 4.98 Å². The van der Waals surface area contributed by atoms with Crippen molar-refractivity contribution in [2.45, 2.75) is 39.2 Å². The predicted molar refractivity (Wildman–Crippen MR) is 119 cm³/mol. The van der Waals surface area contributed by atoms with Gasteiger partial charge in [-0.05, 0) is 32.0 Å². The third kappa shape index (κ3) is 3.46. The monoisotopic (exact) mass is 471 g/mol. The van der Waals surface area contributed by atoms with Crippen molar-refractivity contribution in [1.82, 2.24) is 24.3 Å². The number of imidazole rings is 1. The second-order valence-corrected chi connectivity index (χ2v) is 8.79. The van der Waals surface area contributed by atoms with E-state index < -0.39 is 29.2 Å². The zero-order valence-electron chi connectivity index (χ0n) is 18.0. The van der Waals surface area contributed by atoms with Gasteiger partial charge < -0.3 is 29.2 Å². The van der Waals surface area contributed by atoms with Crippen LogP contribution in [0.4, 0.5) is 0 Å². The lowest BCUT2D eigenvalue weighted by Gasteiger charge is -2.31. The molecule has 1 unspecified atom stereocenters. The van der Waals surface area contributed by atoms with E-state index in [1.165, 1.54) is 15.7 Å². The zero-order valence-corrected chi connectivity index (χ0v) is 18.8. The molecule has 2 N–H and O–H groups in total. The zero-order chi connectivity index (χ0) is 23.4. The summed E-state index contributed by atoms with van der Waals surface area (Å²) < 4.78 is 8.91. The quantitative estimate of drug-likeness (QED) is 0.599. The largest absolute Gasteiger partial charge is 0.503 e. The van der Waals surface area contributed by atoms with Crippen molar-refractivity contribution < 1.29 is 19.4 Å². The summed E-state index contributed by atoms with van der Waals surface area (Å²) in [5.41, 5.74) is 0.300. The van der Waals surface area contributed by atoms with Crippen molar-refractivity contribution in [2.75, 3.05) is 13.2 Å². The SMILES string of the molecule is CC(C)n1c(CNC(=O)c2cn3c(c(O)c2=O)C(=O)N2CCOC2C3)nc2ccc(Cl)cc21. The molecule has 33 heavy (non-hydrogen) atoms. The van der Waals surface area contributed by atoms with Gasteiger partial charge in [0.1, 0.15) is 11.4 Å². The maximum Gasteiger partial charge on any atom is 0.276 e. The number of hydrogen-bond donors (Lipinski definition) is 2. The number of rotatable bonds is 4. The smallest absolute Gasteiger partial charge is 0.276 e. The van der Waals surface area contributed by atoms with E-state index in [4.69, 9.17) is 16.3 Å². The molecule has 4 heterocycles. The van der Waals surface area contributed by atoms with Gasteiger partial charge >= 0.3 is 0 Å². The molecule has 11 heteroatoms. The van der Waals surface area contributed by atoms with Crippen molar-refractivity contribution in [3.63, 3.8) is 0 Å². The van der Waals surface area contributed by atoms with E-state index in [9.17, 15) is 19.5 Å².